The minimum absolute atomic E-state index is 0.107. The van der Waals surface area contributed by atoms with Crippen molar-refractivity contribution in [1.82, 2.24) is 19.7 Å². The van der Waals surface area contributed by atoms with Gasteiger partial charge in [-0.25, -0.2) is 14.4 Å². The standard InChI is InChI=1S/C23H27F4N5O/c1-4-28-19-11-18-16(12-30-19)21(13(2)3)31-32(18)14-5-7-15(8-6-14)33-22-20(24)17(9-10-29-22)23(25,26)27/h9-15H,4-8H2,1-3H3,(H,28,30)/t14-,15+. The van der Waals surface area contributed by atoms with Crippen LogP contribution < -0.4 is 10.1 Å². The third kappa shape index (κ3) is 4.74. The first-order valence-electron chi connectivity index (χ1n) is 11.2. The number of alkyl halides is 3. The molecule has 0 saturated heterocycles. The highest BCUT2D eigenvalue weighted by molar-refractivity contribution is 5.84. The normalized spacial score (nSPS) is 19.3. The van der Waals surface area contributed by atoms with Crippen LogP contribution in [0.4, 0.5) is 23.4 Å². The number of nitrogens with zero attached hydrogens (tertiary/aromatic N) is 4. The van der Waals surface area contributed by atoms with Gasteiger partial charge in [-0.15, -0.1) is 0 Å². The maximum absolute atomic E-state index is 14.3. The van der Waals surface area contributed by atoms with Gasteiger partial charge in [-0.1, -0.05) is 13.8 Å². The summed E-state index contributed by atoms with van der Waals surface area (Å²) in [7, 11) is 0. The van der Waals surface area contributed by atoms with Gasteiger partial charge in [-0.05, 0) is 44.6 Å². The van der Waals surface area contributed by atoms with Crippen molar-refractivity contribution < 1.29 is 22.3 Å². The molecule has 0 radical (unpaired) electrons. The second-order valence-electron chi connectivity index (χ2n) is 8.63. The van der Waals surface area contributed by atoms with Gasteiger partial charge in [0.25, 0.3) is 5.88 Å². The van der Waals surface area contributed by atoms with Gasteiger partial charge in [0.1, 0.15) is 11.9 Å². The molecule has 1 aliphatic rings. The highest BCUT2D eigenvalue weighted by Crippen LogP contribution is 2.37. The zero-order chi connectivity index (χ0) is 23.8. The summed E-state index contributed by atoms with van der Waals surface area (Å²) in [5.74, 6) is -1.05. The molecule has 3 aromatic rings. The Kier molecular flexibility index (Phi) is 6.45. The third-order valence-electron chi connectivity index (χ3n) is 5.96. The highest BCUT2D eigenvalue weighted by Gasteiger charge is 2.36. The van der Waals surface area contributed by atoms with Crippen LogP contribution in [0.2, 0.25) is 0 Å². The van der Waals surface area contributed by atoms with Crippen molar-refractivity contribution >= 4 is 16.7 Å². The Morgan fingerprint density at radius 3 is 2.55 bits per heavy atom. The molecule has 0 bridgehead atoms. The largest absolute Gasteiger partial charge is 0.472 e. The van der Waals surface area contributed by atoms with Crippen molar-refractivity contribution in [2.45, 2.75) is 70.7 Å². The van der Waals surface area contributed by atoms with Crippen molar-refractivity contribution in [3.8, 4) is 5.88 Å². The molecule has 3 aromatic heterocycles. The van der Waals surface area contributed by atoms with Crippen molar-refractivity contribution in [2.75, 3.05) is 11.9 Å². The van der Waals surface area contributed by atoms with Crippen LogP contribution in [0, 0.1) is 5.82 Å². The molecule has 0 spiro atoms. The number of aromatic nitrogens is 4. The lowest BCUT2D eigenvalue weighted by Crippen LogP contribution is -2.27. The van der Waals surface area contributed by atoms with Gasteiger partial charge in [-0.3, -0.25) is 4.68 Å². The second-order valence-corrected chi connectivity index (χ2v) is 8.63. The highest BCUT2D eigenvalue weighted by atomic mass is 19.4. The van der Waals surface area contributed by atoms with Gasteiger partial charge in [0.2, 0.25) is 0 Å². The summed E-state index contributed by atoms with van der Waals surface area (Å²) >= 11 is 0. The molecule has 0 atom stereocenters. The molecule has 4 rings (SSSR count). The first-order chi connectivity index (χ1) is 15.7. The Morgan fingerprint density at radius 2 is 1.91 bits per heavy atom. The van der Waals surface area contributed by atoms with Gasteiger partial charge >= 0.3 is 6.18 Å². The lowest BCUT2D eigenvalue weighted by Gasteiger charge is -2.29. The fraction of sp³-hybridized carbons (Fsp3) is 0.522. The first-order valence-corrected chi connectivity index (χ1v) is 11.2. The van der Waals surface area contributed by atoms with E-state index in [1.165, 1.54) is 0 Å². The maximum atomic E-state index is 14.3. The molecule has 0 amide bonds. The number of pyridine rings is 2. The number of anilines is 1. The molecule has 1 N–H and O–H groups in total. The van der Waals surface area contributed by atoms with E-state index in [9.17, 15) is 17.6 Å². The van der Waals surface area contributed by atoms with Crippen molar-refractivity contribution in [1.29, 1.82) is 0 Å². The van der Waals surface area contributed by atoms with E-state index in [1.807, 2.05) is 23.9 Å². The SMILES string of the molecule is CCNc1cc2c(cn1)c(C(C)C)nn2[C@H]1CC[C@@H](Oc2nccc(C(F)(F)F)c2F)CC1. The summed E-state index contributed by atoms with van der Waals surface area (Å²) in [5.41, 5.74) is 0.615. The predicted octanol–water partition coefficient (Wildman–Crippen LogP) is 6.10. The van der Waals surface area contributed by atoms with Crippen LogP contribution >= 0.6 is 0 Å². The average Bonchev–Trinajstić information content (AvgIpc) is 3.14. The van der Waals surface area contributed by atoms with Crippen LogP contribution in [-0.4, -0.2) is 32.4 Å². The van der Waals surface area contributed by atoms with Crippen molar-refractivity contribution in [3.05, 3.63) is 41.6 Å². The predicted molar refractivity (Wildman–Crippen MR) is 117 cm³/mol. The second kappa shape index (κ2) is 9.15. The van der Waals surface area contributed by atoms with Gasteiger partial charge in [-0.2, -0.15) is 18.3 Å². The minimum Gasteiger partial charge on any atom is -0.472 e. The molecular formula is C23H27F4N5O. The van der Waals surface area contributed by atoms with E-state index >= 15 is 0 Å². The summed E-state index contributed by atoms with van der Waals surface area (Å²) < 4.78 is 60.8. The van der Waals surface area contributed by atoms with Gasteiger partial charge in [0.15, 0.2) is 5.82 Å². The summed E-state index contributed by atoms with van der Waals surface area (Å²) in [6.45, 7) is 6.94. The van der Waals surface area contributed by atoms with Crippen LogP contribution in [-0.2, 0) is 6.18 Å². The summed E-state index contributed by atoms with van der Waals surface area (Å²) in [6.07, 6.45) is 0.110. The van der Waals surface area contributed by atoms with Crippen LogP contribution in [0.5, 0.6) is 5.88 Å². The topological polar surface area (TPSA) is 64.9 Å². The Bertz CT molecular complexity index is 1120. The van der Waals surface area contributed by atoms with Crippen LogP contribution in [0.15, 0.2) is 24.5 Å². The van der Waals surface area contributed by atoms with E-state index in [-0.39, 0.29) is 12.0 Å². The molecule has 0 unspecified atom stereocenters. The number of hydrogen-bond donors (Lipinski definition) is 1. The molecule has 3 heterocycles. The van der Waals surface area contributed by atoms with Crippen molar-refractivity contribution in [3.63, 3.8) is 0 Å². The first kappa shape index (κ1) is 23.3. The number of halogens is 4. The molecule has 0 aliphatic heterocycles. The Hall–Kier alpha value is -2.91. The lowest BCUT2D eigenvalue weighted by atomic mass is 9.93. The van der Waals surface area contributed by atoms with E-state index in [1.54, 1.807) is 0 Å². The number of ether oxygens (including phenoxy) is 1. The molecule has 0 aromatic carbocycles. The number of nitrogens with one attached hydrogen (secondary N) is 1. The zero-order valence-electron chi connectivity index (χ0n) is 18.8. The van der Waals surface area contributed by atoms with E-state index in [2.05, 4.69) is 29.1 Å². The van der Waals surface area contributed by atoms with Gasteiger partial charge in [0.05, 0.1) is 22.8 Å². The molecular weight excluding hydrogens is 438 g/mol. The monoisotopic (exact) mass is 465 g/mol. The number of rotatable bonds is 6. The van der Waals surface area contributed by atoms with E-state index < -0.39 is 29.5 Å². The molecule has 178 valence electrons. The minimum atomic E-state index is -4.79. The molecule has 6 nitrogen and oxygen atoms in total. The summed E-state index contributed by atoms with van der Waals surface area (Å²) in [4.78, 5) is 8.17. The fourth-order valence-electron chi connectivity index (χ4n) is 4.33. The Morgan fingerprint density at radius 1 is 1.18 bits per heavy atom. The van der Waals surface area contributed by atoms with E-state index in [0.29, 0.717) is 31.7 Å². The van der Waals surface area contributed by atoms with Gasteiger partial charge in [0, 0.05) is 30.4 Å². The number of fused-ring (bicyclic) bond motifs is 1. The van der Waals surface area contributed by atoms with Gasteiger partial charge < -0.3 is 10.1 Å². The van der Waals surface area contributed by atoms with Crippen LogP contribution in [0.1, 0.15) is 69.7 Å². The van der Waals surface area contributed by atoms with E-state index in [4.69, 9.17) is 9.84 Å². The average molecular weight is 465 g/mol. The zero-order valence-corrected chi connectivity index (χ0v) is 18.8. The van der Waals surface area contributed by atoms with Crippen LogP contribution in [0.3, 0.4) is 0 Å². The lowest BCUT2D eigenvalue weighted by molar-refractivity contribution is -0.140. The molecule has 1 aliphatic carbocycles. The molecule has 1 saturated carbocycles. The number of hydrogen-bond acceptors (Lipinski definition) is 5. The summed E-state index contributed by atoms with van der Waals surface area (Å²) in [5, 5.41) is 9.13. The fourth-order valence-corrected chi connectivity index (χ4v) is 4.33. The Balaban J connectivity index is 1.52. The molecule has 33 heavy (non-hydrogen) atoms. The maximum Gasteiger partial charge on any atom is 0.419 e. The molecule has 10 heteroatoms. The van der Waals surface area contributed by atoms with Crippen LogP contribution in [0.25, 0.3) is 10.9 Å². The molecule has 1 fully saturated rings. The smallest absolute Gasteiger partial charge is 0.419 e. The van der Waals surface area contributed by atoms with E-state index in [0.717, 1.165) is 35.2 Å². The Labute approximate surface area is 189 Å². The summed E-state index contributed by atoms with van der Waals surface area (Å²) in [6, 6.07) is 2.73. The quantitative estimate of drug-likeness (QED) is 0.446. The third-order valence-corrected chi connectivity index (χ3v) is 5.96. The van der Waals surface area contributed by atoms with Crippen molar-refractivity contribution in [2.24, 2.45) is 0 Å².